The van der Waals surface area contributed by atoms with Gasteiger partial charge in [0.1, 0.15) is 0 Å². The van der Waals surface area contributed by atoms with E-state index in [2.05, 4.69) is 22.6 Å². The van der Waals surface area contributed by atoms with E-state index in [1.54, 1.807) is 12.1 Å². The number of nitro benzene ring substituents is 1. The van der Waals surface area contributed by atoms with Crippen molar-refractivity contribution in [3.63, 3.8) is 0 Å². The number of amides is 2. The zero-order chi connectivity index (χ0) is 16.6. The van der Waals surface area contributed by atoms with E-state index in [9.17, 15) is 19.7 Å². The largest absolute Gasteiger partial charge is 0.274 e. The van der Waals surface area contributed by atoms with Crippen molar-refractivity contribution in [2.24, 2.45) is 0 Å². The summed E-state index contributed by atoms with van der Waals surface area (Å²) in [7, 11) is 0. The normalized spacial score (nSPS) is 17.6. The van der Waals surface area contributed by atoms with Crippen LogP contribution >= 0.6 is 22.6 Å². The van der Waals surface area contributed by atoms with Gasteiger partial charge in [0.25, 0.3) is 5.69 Å². The Labute approximate surface area is 145 Å². The summed E-state index contributed by atoms with van der Waals surface area (Å²) in [6.45, 7) is 0. The Hall–Kier alpha value is -2.29. The maximum absolute atomic E-state index is 12.6. The molecule has 1 aliphatic heterocycles. The third kappa shape index (κ3) is 2.96. The smallest absolute Gasteiger partial charge is 0.269 e. The first kappa shape index (κ1) is 15.6. The molecule has 0 spiro atoms. The number of hydrogen-bond donors (Lipinski definition) is 0. The molecule has 0 bridgehead atoms. The molecule has 1 aliphatic rings. The van der Waals surface area contributed by atoms with Crippen molar-refractivity contribution in [3.05, 3.63) is 67.8 Å². The number of nitrogens with zero attached hydrogens (tertiary/aromatic N) is 2. The summed E-state index contributed by atoms with van der Waals surface area (Å²) in [5.74, 6) is -1.16. The van der Waals surface area contributed by atoms with E-state index in [0.29, 0.717) is 11.3 Å². The molecule has 0 N–H and O–H groups in total. The van der Waals surface area contributed by atoms with Crippen LogP contribution in [-0.4, -0.2) is 16.7 Å². The number of rotatable bonds is 3. The van der Waals surface area contributed by atoms with E-state index in [-0.39, 0.29) is 23.9 Å². The van der Waals surface area contributed by atoms with E-state index < -0.39 is 10.8 Å². The number of hydrogen-bond acceptors (Lipinski definition) is 4. The van der Waals surface area contributed by atoms with Crippen LogP contribution in [0.2, 0.25) is 0 Å². The van der Waals surface area contributed by atoms with Gasteiger partial charge in [0, 0.05) is 22.1 Å². The Morgan fingerprint density at radius 1 is 1.04 bits per heavy atom. The quantitative estimate of drug-likeness (QED) is 0.329. The van der Waals surface area contributed by atoms with E-state index in [1.165, 1.54) is 29.2 Å². The average Bonchev–Trinajstić information content (AvgIpc) is 2.83. The van der Waals surface area contributed by atoms with Crippen molar-refractivity contribution in [1.29, 1.82) is 0 Å². The van der Waals surface area contributed by atoms with Crippen molar-refractivity contribution >= 4 is 45.8 Å². The third-order valence-electron chi connectivity index (χ3n) is 3.74. The molecule has 116 valence electrons. The molecule has 3 rings (SSSR count). The van der Waals surface area contributed by atoms with Gasteiger partial charge in [-0.2, -0.15) is 0 Å². The van der Waals surface area contributed by atoms with Gasteiger partial charge in [-0.05, 0) is 52.4 Å². The first-order chi connectivity index (χ1) is 11.0. The van der Waals surface area contributed by atoms with Crippen molar-refractivity contribution in [1.82, 2.24) is 0 Å². The van der Waals surface area contributed by atoms with Crippen molar-refractivity contribution < 1.29 is 14.5 Å². The van der Waals surface area contributed by atoms with Gasteiger partial charge < -0.3 is 0 Å². The highest BCUT2D eigenvalue weighted by molar-refractivity contribution is 14.1. The van der Waals surface area contributed by atoms with Crippen molar-refractivity contribution in [2.45, 2.75) is 12.3 Å². The van der Waals surface area contributed by atoms with Crippen LogP contribution in [0.1, 0.15) is 17.9 Å². The number of non-ortho nitro benzene ring substituents is 1. The average molecular weight is 422 g/mol. The number of halogens is 1. The number of imide groups is 1. The highest BCUT2D eigenvalue weighted by Crippen LogP contribution is 2.33. The fourth-order valence-corrected chi connectivity index (χ4v) is 2.94. The molecule has 1 heterocycles. The zero-order valence-electron chi connectivity index (χ0n) is 11.8. The van der Waals surface area contributed by atoms with Gasteiger partial charge in [-0.3, -0.25) is 24.6 Å². The van der Waals surface area contributed by atoms with Crippen LogP contribution in [0.3, 0.4) is 0 Å². The number of nitro groups is 1. The topological polar surface area (TPSA) is 80.5 Å². The maximum Gasteiger partial charge on any atom is 0.269 e. The summed E-state index contributed by atoms with van der Waals surface area (Å²) < 4.78 is 1.01. The second-order valence-electron chi connectivity index (χ2n) is 5.15. The highest BCUT2D eigenvalue weighted by atomic mass is 127. The molecule has 0 aliphatic carbocycles. The lowest BCUT2D eigenvalue weighted by molar-refractivity contribution is -0.384. The summed E-state index contributed by atoms with van der Waals surface area (Å²) in [4.78, 5) is 36.2. The Morgan fingerprint density at radius 2 is 1.65 bits per heavy atom. The van der Waals surface area contributed by atoms with Gasteiger partial charge in [0.2, 0.25) is 11.8 Å². The molecule has 2 aromatic rings. The van der Waals surface area contributed by atoms with Gasteiger partial charge in [-0.15, -0.1) is 0 Å². The molecular weight excluding hydrogens is 411 g/mol. The van der Waals surface area contributed by atoms with Crippen LogP contribution < -0.4 is 4.90 Å². The fourth-order valence-electron chi connectivity index (χ4n) is 2.58. The van der Waals surface area contributed by atoms with Crippen LogP contribution in [0.5, 0.6) is 0 Å². The van der Waals surface area contributed by atoms with Crippen LogP contribution in [0.4, 0.5) is 11.4 Å². The standard InChI is InChI=1S/C16H11IN2O4/c17-11-3-7-12(8-4-11)18-15(20)9-14(16(18)21)10-1-5-13(6-2-10)19(22)23/h1-8,14H,9H2/t14-/m1/s1. The molecule has 0 radical (unpaired) electrons. The number of anilines is 1. The molecule has 1 atom stereocenters. The molecule has 0 saturated carbocycles. The second kappa shape index (κ2) is 6.07. The van der Waals surface area contributed by atoms with E-state index in [0.717, 1.165) is 3.57 Å². The molecule has 1 saturated heterocycles. The molecule has 2 amide bonds. The summed E-state index contributed by atoms with van der Waals surface area (Å²) in [5.41, 5.74) is 1.12. The Bertz CT molecular complexity index is 787. The molecule has 1 fully saturated rings. The minimum absolute atomic E-state index is 0.0417. The summed E-state index contributed by atoms with van der Waals surface area (Å²) in [6, 6.07) is 12.9. The molecule has 0 unspecified atom stereocenters. The maximum atomic E-state index is 12.6. The summed E-state index contributed by atoms with van der Waals surface area (Å²) in [5, 5.41) is 10.7. The van der Waals surface area contributed by atoms with Crippen molar-refractivity contribution in [2.75, 3.05) is 4.90 Å². The van der Waals surface area contributed by atoms with Crippen LogP contribution in [-0.2, 0) is 9.59 Å². The van der Waals surface area contributed by atoms with Crippen LogP contribution in [0.15, 0.2) is 48.5 Å². The van der Waals surface area contributed by atoms with Gasteiger partial charge in [-0.1, -0.05) is 12.1 Å². The third-order valence-corrected chi connectivity index (χ3v) is 4.46. The lowest BCUT2D eigenvalue weighted by Gasteiger charge is -2.15. The minimum Gasteiger partial charge on any atom is -0.274 e. The fraction of sp³-hybridized carbons (Fsp3) is 0.125. The molecule has 0 aromatic heterocycles. The lowest BCUT2D eigenvalue weighted by atomic mass is 9.97. The first-order valence-corrected chi connectivity index (χ1v) is 7.92. The minimum atomic E-state index is -0.595. The Balaban J connectivity index is 1.88. The predicted octanol–water partition coefficient (Wildman–Crippen LogP) is 3.25. The van der Waals surface area contributed by atoms with Gasteiger partial charge in [-0.25, -0.2) is 0 Å². The predicted molar refractivity (Wildman–Crippen MR) is 92.1 cm³/mol. The summed E-state index contributed by atoms with van der Waals surface area (Å²) >= 11 is 2.15. The zero-order valence-corrected chi connectivity index (χ0v) is 14.0. The monoisotopic (exact) mass is 422 g/mol. The van der Waals surface area contributed by atoms with Gasteiger partial charge in [0.15, 0.2) is 0 Å². The van der Waals surface area contributed by atoms with Crippen LogP contribution in [0, 0.1) is 13.7 Å². The summed E-state index contributed by atoms with van der Waals surface area (Å²) in [6.07, 6.45) is 0.0721. The molecule has 23 heavy (non-hydrogen) atoms. The van der Waals surface area contributed by atoms with Gasteiger partial charge in [0.05, 0.1) is 16.5 Å². The number of carbonyl (C=O) groups excluding carboxylic acids is 2. The van der Waals surface area contributed by atoms with Gasteiger partial charge >= 0.3 is 0 Å². The Kier molecular flexibility index (Phi) is 4.12. The molecular formula is C16H11IN2O4. The van der Waals surface area contributed by atoms with E-state index in [1.807, 2.05) is 12.1 Å². The number of benzene rings is 2. The number of carbonyl (C=O) groups is 2. The lowest BCUT2D eigenvalue weighted by Crippen LogP contribution is -2.29. The van der Waals surface area contributed by atoms with Crippen LogP contribution in [0.25, 0.3) is 0 Å². The Morgan fingerprint density at radius 3 is 2.22 bits per heavy atom. The highest BCUT2D eigenvalue weighted by Gasteiger charge is 2.40. The van der Waals surface area contributed by atoms with E-state index >= 15 is 0 Å². The first-order valence-electron chi connectivity index (χ1n) is 6.84. The molecule has 6 nitrogen and oxygen atoms in total. The molecule has 7 heteroatoms. The SMILES string of the molecule is O=C1C[C@H](c2ccc([N+](=O)[O-])cc2)C(=O)N1c1ccc(I)cc1. The van der Waals surface area contributed by atoms with Crippen molar-refractivity contribution in [3.8, 4) is 0 Å². The van der Waals surface area contributed by atoms with E-state index in [4.69, 9.17) is 0 Å². The second-order valence-corrected chi connectivity index (χ2v) is 6.39. The molecule has 2 aromatic carbocycles.